The first-order valence-corrected chi connectivity index (χ1v) is 9.71. The fourth-order valence-corrected chi connectivity index (χ4v) is 3.93. The molecule has 1 aliphatic heterocycles. The molecule has 3 aromatic carbocycles. The van der Waals surface area contributed by atoms with Crippen LogP contribution in [0.2, 0.25) is 5.02 Å². The number of Topliss-reactive ketones (excluding diaryl/α,β-unsaturated/α-hetero) is 2. The van der Waals surface area contributed by atoms with Gasteiger partial charge in [0, 0.05) is 32.8 Å². The van der Waals surface area contributed by atoms with Gasteiger partial charge in [-0.1, -0.05) is 35.9 Å². The maximum absolute atomic E-state index is 13.1. The Labute approximate surface area is 178 Å². The number of ether oxygens (including phenoxy) is 2. The number of ketones is 2. The van der Waals surface area contributed by atoms with Gasteiger partial charge in [0.2, 0.25) is 0 Å². The van der Waals surface area contributed by atoms with E-state index in [0.717, 1.165) is 11.3 Å². The summed E-state index contributed by atoms with van der Waals surface area (Å²) in [6, 6.07) is 19.4. The first-order valence-electron chi connectivity index (χ1n) is 9.33. The van der Waals surface area contributed by atoms with Gasteiger partial charge in [0.1, 0.15) is 17.3 Å². The van der Waals surface area contributed by atoms with E-state index in [1.807, 2.05) is 24.3 Å². The molecule has 5 rings (SSSR count). The summed E-state index contributed by atoms with van der Waals surface area (Å²) >= 11 is 6.21. The largest absolute Gasteiger partial charge is 0.497 e. The molecule has 0 amide bonds. The van der Waals surface area contributed by atoms with E-state index < -0.39 is 0 Å². The zero-order valence-corrected chi connectivity index (χ0v) is 16.7. The van der Waals surface area contributed by atoms with Crippen molar-refractivity contribution >= 4 is 34.5 Å². The smallest absolute Gasteiger partial charge is 0.198 e. The quantitative estimate of drug-likeness (QED) is 0.403. The van der Waals surface area contributed by atoms with Crippen molar-refractivity contribution in [2.24, 2.45) is 0 Å². The van der Waals surface area contributed by atoms with Crippen LogP contribution in [0.5, 0.6) is 11.5 Å². The van der Waals surface area contributed by atoms with Gasteiger partial charge in [0.15, 0.2) is 11.6 Å². The maximum atomic E-state index is 13.1. The van der Waals surface area contributed by atoms with E-state index in [4.69, 9.17) is 21.1 Å². The number of carbonyl (C=O) groups excluding carboxylic acids is 2. The molecule has 2 aliphatic rings. The number of methoxy groups -OCH3 is 1. The van der Waals surface area contributed by atoms with Crippen molar-refractivity contribution in [3.63, 3.8) is 0 Å². The minimum atomic E-state index is -0.288. The van der Waals surface area contributed by atoms with Crippen molar-refractivity contribution in [1.29, 1.82) is 0 Å². The predicted octanol–water partition coefficient (Wildman–Crippen LogP) is 5.61. The summed E-state index contributed by atoms with van der Waals surface area (Å²) in [5, 5.41) is 0.493. The van der Waals surface area contributed by atoms with Gasteiger partial charge >= 0.3 is 0 Å². The van der Waals surface area contributed by atoms with E-state index in [1.54, 1.807) is 55.7 Å². The highest BCUT2D eigenvalue weighted by atomic mass is 35.5. The van der Waals surface area contributed by atoms with Gasteiger partial charge in [-0.2, -0.15) is 0 Å². The third kappa shape index (κ3) is 2.85. The summed E-state index contributed by atoms with van der Waals surface area (Å²) in [5.41, 5.74) is 2.89. The molecule has 1 aliphatic carbocycles. The Hall–Kier alpha value is -3.63. The standard InChI is InChI=1S/C25H15ClO4/c1-29-16-9-6-14(7-10-16)22-13-20(19-12-15(26)8-11-21(19)30-22)23-24(27)17-4-2-3-5-18(17)25(23)28/h2-13H,1H3. The van der Waals surface area contributed by atoms with Crippen LogP contribution in [0.25, 0.3) is 11.3 Å². The third-order valence-electron chi connectivity index (χ3n) is 5.24. The molecular weight excluding hydrogens is 400 g/mol. The summed E-state index contributed by atoms with van der Waals surface area (Å²) in [7, 11) is 1.60. The van der Waals surface area contributed by atoms with Gasteiger partial charge in [-0.15, -0.1) is 0 Å². The molecule has 5 heteroatoms. The summed E-state index contributed by atoms with van der Waals surface area (Å²) in [4.78, 5) is 26.3. The van der Waals surface area contributed by atoms with E-state index in [-0.39, 0.29) is 17.1 Å². The number of fused-ring (bicyclic) bond motifs is 2. The molecule has 3 aromatic rings. The summed E-state index contributed by atoms with van der Waals surface area (Å²) in [6.07, 6.45) is 1.73. The Kier molecular flexibility index (Phi) is 4.30. The summed E-state index contributed by atoms with van der Waals surface area (Å²) in [5.74, 6) is 1.21. The maximum Gasteiger partial charge on any atom is 0.198 e. The van der Waals surface area contributed by atoms with Crippen molar-refractivity contribution in [1.82, 2.24) is 0 Å². The molecule has 30 heavy (non-hydrogen) atoms. The number of allylic oxidation sites excluding steroid dienone is 3. The average Bonchev–Trinajstić information content (AvgIpc) is 3.03. The van der Waals surface area contributed by atoms with Crippen LogP contribution in [0.15, 0.2) is 78.4 Å². The predicted molar refractivity (Wildman–Crippen MR) is 115 cm³/mol. The lowest BCUT2D eigenvalue weighted by molar-refractivity contribution is 0.0990. The highest BCUT2D eigenvalue weighted by molar-refractivity contribution is 6.43. The Morgan fingerprint density at radius 3 is 2.13 bits per heavy atom. The lowest BCUT2D eigenvalue weighted by Crippen LogP contribution is -2.10. The van der Waals surface area contributed by atoms with Crippen LogP contribution >= 0.6 is 11.6 Å². The Balaban J connectivity index is 1.74. The second-order valence-electron chi connectivity index (χ2n) is 6.97. The van der Waals surface area contributed by atoms with Crippen LogP contribution in [0.3, 0.4) is 0 Å². The number of hydrogen-bond donors (Lipinski definition) is 0. The average molecular weight is 415 g/mol. The molecule has 0 saturated carbocycles. The molecule has 0 unspecified atom stereocenters. The molecule has 0 fully saturated rings. The van der Waals surface area contributed by atoms with Crippen LogP contribution in [-0.2, 0) is 0 Å². The Morgan fingerprint density at radius 2 is 1.50 bits per heavy atom. The lowest BCUT2D eigenvalue weighted by atomic mass is 9.92. The first-order chi connectivity index (χ1) is 14.6. The zero-order chi connectivity index (χ0) is 20.8. The Bertz CT molecular complexity index is 1250. The minimum Gasteiger partial charge on any atom is -0.497 e. The highest BCUT2D eigenvalue weighted by Crippen LogP contribution is 2.42. The van der Waals surface area contributed by atoms with Crippen LogP contribution < -0.4 is 9.47 Å². The van der Waals surface area contributed by atoms with Crippen LogP contribution in [0, 0.1) is 0 Å². The van der Waals surface area contributed by atoms with Crippen LogP contribution in [0.4, 0.5) is 0 Å². The molecular formula is C25H15ClO4. The molecule has 0 saturated heterocycles. The fourth-order valence-electron chi connectivity index (χ4n) is 3.76. The number of halogens is 1. The number of benzene rings is 3. The van der Waals surface area contributed by atoms with Crippen molar-refractivity contribution < 1.29 is 19.1 Å². The van der Waals surface area contributed by atoms with Crippen molar-refractivity contribution in [3.05, 3.63) is 106 Å². The van der Waals surface area contributed by atoms with E-state index in [1.165, 1.54) is 0 Å². The topological polar surface area (TPSA) is 52.6 Å². The second kappa shape index (κ2) is 7.01. The third-order valence-corrected chi connectivity index (χ3v) is 5.48. The molecule has 0 bridgehead atoms. The SMILES string of the molecule is COc1ccc(C2=CC(=C3C(=O)c4ccccc4C3=O)c3cc(Cl)ccc3O2)cc1. The van der Waals surface area contributed by atoms with Crippen molar-refractivity contribution in [3.8, 4) is 11.5 Å². The van der Waals surface area contributed by atoms with Gasteiger partial charge in [0.25, 0.3) is 0 Å². The normalized spacial score (nSPS) is 14.8. The molecule has 0 N–H and O–H groups in total. The van der Waals surface area contributed by atoms with Gasteiger partial charge in [0.05, 0.1) is 12.7 Å². The molecule has 0 atom stereocenters. The Morgan fingerprint density at radius 1 is 0.833 bits per heavy atom. The van der Waals surface area contributed by atoms with E-state index >= 15 is 0 Å². The van der Waals surface area contributed by atoms with Crippen LogP contribution in [0.1, 0.15) is 31.8 Å². The summed E-state index contributed by atoms with van der Waals surface area (Å²) < 4.78 is 11.3. The van der Waals surface area contributed by atoms with Gasteiger partial charge in [-0.3, -0.25) is 9.59 Å². The van der Waals surface area contributed by atoms with E-state index in [9.17, 15) is 9.59 Å². The molecule has 1 heterocycles. The van der Waals surface area contributed by atoms with E-state index in [0.29, 0.717) is 38.8 Å². The van der Waals surface area contributed by atoms with Crippen LogP contribution in [-0.4, -0.2) is 18.7 Å². The number of hydrogen-bond acceptors (Lipinski definition) is 4. The minimum absolute atomic E-state index is 0.133. The number of carbonyl (C=O) groups is 2. The molecule has 0 spiro atoms. The molecule has 146 valence electrons. The molecule has 0 aromatic heterocycles. The molecule has 0 radical (unpaired) electrons. The van der Waals surface area contributed by atoms with Gasteiger partial charge in [-0.25, -0.2) is 0 Å². The fraction of sp³-hybridized carbons (Fsp3) is 0.0400. The molecule has 4 nitrogen and oxygen atoms in total. The summed E-state index contributed by atoms with van der Waals surface area (Å²) in [6.45, 7) is 0. The van der Waals surface area contributed by atoms with E-state index in [2.05, 4.69) is 0 Å². The first kappa shape index (κ1) is 18.4. The van der Waals surface area contributed by atoms with Crippen molar-refractivity contribution in [2.45, 2.75) is 0 Å². The second-order valence-corrected chi connectivity index (χ2v) is 7.41. The van der Waals surface area contributed by atoms with Gasteiger partial charge < -0.3 is 9.47 Å². The zero-order valence-electron chi connectivity index (χ0n) is 15.9. The van der Waals surface area contributed by atoms with Crippen molar-refractivity contribution in [2.75, 3.05) is 7.11 Å². The highest BCUT2D eigenvalue weighted by Gasteiger charge is 2.36. The van der Waals surface area contributed by atoms with Gasteiger partial charge in [-0.05, 0) is 48.5 Å². The lowest BCUT2D eigenvalue weighted by Gasteiger charge is -2.22. The monoisotopic (exact) mass is 414 g/mol. The number of rotatable bonds is 2.